The molecule has 0 amide bonds. The number of sulfone groups is 1. The summed E-state index contributed by atoms with van der Waals surface area (Å²) in [6, 6.07) is 4.88. The van der Waals surface area contributed by atoms with E-state index in [1.165, 1.54) is 0 Å². The SMILES string of the molecule is O=C(CS(=O)(=O)C1CC1)[C@@H]1C[C@H](O)CN1c1nc(Nc2cc(C3CC3)[nH]n2)c2cccn2n1. The van der Waals surface area contributed by atoms with Gasteiger partial charge in [0.05, 0.1) is 17.4 Å². The molecule has 3 aromatic rings. The van der Waals surface area contributed by atoms with Crippen molar-refractivity contribution in [1.29, 1.82) is 0 Å². The fourth-order valence-corrected chi connectivity index (χ4v) is 6.12. The number of rotatable bonds is 8. The van der Waals surface area contributed by atoms with E-state index < -0.39 is 38.8 Å². The van der Waals surface area contributed by atoms with Gasteiger partial charge in [-0.15, -0.1) is 5.10 Å². The molecule has 4 heterocycles. The molecule has 0 unspecified atom stereocenters. The van der Waals surface area contributed by atoms with Crippen molar-refractivity contribution in [1.82, 2.24) is 24.8 Å². The molecule has 2 saturated carbocycles. The molecular formula is C21H25N7O4S. The van der Waals surface area contributed by atoms with Crippen molar-refractivity contribution in [2.75, 3.05) is 22.5 Å². The van der Waals surface area contributed by atoms with E-state index in [2.05, 4.69) is 25.6 Å². The summed E-state index contributed by atoms with van der Waals surface area (Å²) in [6.45, 7) is 0.153. The van der Waals surface area contributed by atoms with Crippen molar-refractivity contribution in [3.8, 4) is 0 Å². The van der Waals surface area contributed by atoms with E-state index in [4.69, 9.17) is 0 Å². The first-order valence-corrected chi connectivity index (χ1v) is 13.0. The third-order valence-electron chi connectivity index (χ3n) is 6.52. The van der Waals surface area contributed by atoms with E-state index in [0.717, 1.165) is 24.1 Å². The predicted molar refractivity (Wildman–Crippen MR) is 120 cm³/mol. The number of carbonyl (C=O) groups is 1. The van der Waals surface area contributed by atoms with Crippen LogP contribution < -0.4 is 10.2 Å². The van der Waals surface area contributed by atoms with Crippen LogP contribution in [0, 0.1) is 0 Å². The number of fused-ring (bicyclic) bond motifs is 1. The zero-order valence-corrected chi connectivity index (χ0v) is 18.7. The molecule has 1 saturated heterocycles. The largest absolute Gasteiger partial charge is 0.391 e. The Morgan fingerprint density at radius 1 is 1.27 bits per heavy atom. The molecule has 174 valence electrons. The number of anilines is 3. The summed E-state index contributed by atoms with van der Waals surface area (Å²) in [5.41, 5.74) is 1.82. The molecule has 3 fully saturated rings. The van der Waals surface area contributed by atoms with E-state index in [-0.39, 0.29) is 18.9 Å². The minimum Gasteiger partial charge on any atom is -0.391 e. The number of H-pyrrole nitrogens is 1. The summed E-state index contributed by atoms with van der Waals surface area (Å²) in [5.74, 6) is 0.987. The Morgan fingerprint density at radius 2 is 2.09 bits per heavy atom. The summed E-state index contributed by atoms with van der Waals surface area (Å²) in [6.07, 6.45) is 4.70. The van der Waals surface area contributed by atoms with Crippen LogP contribution in [0.4, 0.5) is 17.6 Å². The van der Waals surface area contributed by atoms with Crippen LogP contribution in [0.3, 0.4) is 0 Å². The van der Waals surface area contributed by atoms with E-state index in [1.54, 1.807) is 15.6 Å². The highest BCUT2D eigenvalue weighted by Gasteiger charge is 2.43. The smallest absolute Gasteiger partial charge is 0.246 e. The number of β-amino-alcohol motifs (C(OH)–C–C–N with tert-alkyl or cyclic N) is 1. The van der Waals surface area contributed by atoms with Crippen LogP contribution in [0.1, 0.15) is 43.7 Å². The number of hydrogen-bond acceptors (Lipinski definition) is 9. The Morgan fingerprint density at radius 3 is 2.85 bits per heavy atom. The summed E-state index contributed by atoms with van der Waals surface area (Å²) >= 11 is 0. The van der Waals surface area contributed by atoms with Gasteiger partial charge in [0.15, 0.2) is 27.3 Å². The maximum Gasteiger partial charge on any atom is 0.246 e. The molecule has 1 aliphatic heterocycles. The number of aromatic amines is 1. The fourth-order valence-electron chi connectivity index (χ4n) is 4.44. The quantitative estimate of drug-likeness (QED) is 0.440. The van der Waals surface area contributed by atoms with Crippen LogP contribution in [-0.2, 0) is 14.6 Å². The van der Waals surface area contributed by atoms with Crippen molar-refractivity contribution in [3.05, 3.63) is 30.1 Å². The lowest BCUT2D eigenvalue weighted by molar-refractivity contribution is -0.117. The second-order valence-electron chi connectivity index (χ2n) is 9.24. The van der Waals surface area contributed by atoms with Gasteiger partial charge in [-0.2, -0.15) is 10.1 Å². The molecule has 2 aliphatic carbocycles. The van der Waals surface area contributed by atoms with Gasteiger partial charge in [-0.1, -0.05) is 0 Å². The van der Waals surface area contributed by atoms with E-state index in [9.17, 15) is 18.3 Å². The minimum atomic E-state index is -3.45. The van der Waals surface area contributed by atoms with Gasteiger partial charge < -0.3 is 15.3 Å². The average molecular weight is 472 g/mol. The topological polar surface area (TPSA) is 146 Å². The Kier molecular flexibility index (Phi) is 4.70. The number of aliphatic hydroxyl groups excluding tert-OH is 1. The molecule has 2 atom stereocenters. The lowest BCUT2D eigenvalue weighted by Crippen LogP contribution is -2.41. The Balaban J connectivity index is 1.30. The van der Waals surface area contributed by atoms with Gasteiger partial charge in [0, 0.05) is 36.8 Å². The highest BCUT2D eigenvalue weighted by atomic mass is 32.2. The van der Waals surface area contributed by atoms with Crippen molar-refractivity contribution >= 4 is 38.7 Å². The molecule has 11 nitrogen and oxygen atoms in total. The first-order valence-electron chi connectivity index (χ1n) is 11.2. The first kappa shape index (κ1) is 20.6. The molecule has 0 aromatic carbocycles. The molecule has 0 spiro atoms. The zero-order valence-electron chi connectivity index (χ0n) is 17.9. The molecule has 3 aromatic heterocycles. The maximum absolute atomic E-state index is 13.0. The third kappa shape index (κ3) is 3.97. The van der Waals surface area contributed by atoms with Gasteiger partial charge >= 0.3 is 0 Å². The summed E-state index contributed by atoms with van der Waals surface area (Å²) in [5, 5.41) is 25.0. The molecular weight excluding hydrogens is 446 g/mol. The Labute approximate surface area is 190 Å². The third-order valence-corrected chi connectivity index (χ3v) is 8.70. The lowest BCUT2D eigenvalue weighted by Gasteiger charge is -2.24. The van der Waals surface area contributed by atoms with Gasteiger partial charge in [0.1, 0.15) is 11.3 Å². The van der Waals surface area contributed by atoms with Gasteiger partial charge in [0.25, 0.3) is 0 Å². The molecule has 0 radical (unpaired) electrons. The number of ketones is 1. The van der Waals surface area contributed by atoms with Crippen LogP contribution in [0.15, 0.2) is 24.4 Å². The number of nitrogens with zero attached hydrogens (tertiary/aromatic N) is 5. The van der Waals surface area contributed by atoms with Crippen molar-refractivity contribution < 1.29 is 18.3 Å². The van der Waals surface area contributed by atoms with Crippen LogP contribution in [0.25, 0.3) is 5.52 Å². The fraction of sp³-hybridized carbons (Fsp3) is 0.524. The lowest BCUT2D eigenvalue weighted by atomic mass is 10.1. The van der Waals surface area contributed by atoms with Crippen molar-refractivity contribution in [2.45, 2.75) is 55.4 Å². The molecule has 3 N–H and O–H groups in total. The first-order chi connectivity index (χ1) is 15.9. The molecule has 12 heteroatoms. The van der Waals surface area contributed by atoms with E-state index in [0.29, 0.717) is 30.4 Å². The maximum atomic E-state index is 13.0. The van der Waals surface area contributed by atoms with Gasteiger partial charge in [-0.25, -0.2) is 12.9 Å². The summed E-state index contributed by atoms with van der Waals surface area (Å²) in [7, 11) is -3.45. The number of nitrogens with one attached hydrogen (secondary N) is 2. The number of aliphatic hydroxyl groups is 1. The van der Waals surface area contributed by atoms with Crippen LogP contribution in [0.5, 0.6) is 0 Å². The Hall–Kier alpha value is -2.99. The number of aromatic nitrogens is 5. The summed E-state index contributed by atoms with van der Waals surface area (Å²) in [4.78, 5) is 19.2. The van der Waals surface area contributed by atoms with Gasteiger partial charge in [-0.3, -0.25) is 9.89 Å². The Bertz CT molecular complexity index is 1330. The molecule has 0 bridgehead atoms. The van der Waals surface area contributed by atoms with Crippen molar-refractivity contribution in [3.63, 3.8) is 0 Å². The highest BCUT2D eigenvalue weighted by Crippen LogP contribution is 2.40. The zero-order chi connectivity index (χ0) is 22.7. The highest BCUT2D eigenvalue weighted by molar-refractivity contribution is 7.93. The van der Waals surface area contributed by atoms with Gasteiger partial charge in [-0.05, 0) is 37.8 Å². The van der Waals surface area contributed by atoms with Crippen LogP contribution >= 0.6 is 0 Å². The standard InChI is InChI=1S/C21H25N7O4S/c29-13-8-17(18(30)11-33(31,32)14-5-6-14)27(10-13)21-23-20(16-2-1-7-28(16)26-21)22-19-9-15(24-25-19)12-3-4-12/h1-2,7,9,12-14,17,29H,3-6,8,10-11H2,(H2,22,23,24,25,26)/t13-,17-/m0/s1. The molecule has 3 aliphatic rings. The minimum absolute atomic E-state index is 0.152. The molecule has 33 heavy (non-hydrogen) atoms. The molecule has 6 rings (SSSR count). The average Bonchev–Trinajstić information content (AvgIpc) is 3.68. The monoisotopic (exact) mass is 471 g/mol. The van der Waals surface area contributed by atoms with Crippen molar-refractivity contribution in [2.24, 2.45) is 0 Å². The van der Waals surface area contributed by atoms with E-state index >= 15 is 0 Å². The van der Waals surface area contributed by atoms with Crippen LogP contribution in [-0.4, -0.2) is 73.8 Å². The second-order valence-corrected chi connectivity index (χ2v) is 11.5. The van der Waals surface area contributed by atoms with E-state index in [1.807, 2.05) is 18.2 Å². The number of carbonyl (C=O) groups excluding carboxylic acids is 1. The normalized spacial score (nSPS) is 23.4. The van der Waals surface area contributed by atoms with Crippen LogP contribution in [0.2, 0.25) is 0 Å². The summed E-state index contributed by atoms with van der Waals surface area (Å²) < 4.78 is 26.4. The van der Waals surface area contributed by atoms with Gasteiger partial charge in [0.2, 0.25) is 5.95 Å². The predicted octanol–water partition coefficient (Wildman–Crippen LogP) is 1.16. The number of Topliss-reactive ketones (excluding diaryl/α,β-unsaturated/α-hetero) is 1. The number of hydrogen-bond donors (Lipinski definition) is 3. The second kappa shape index (κ2) is 7.52.